The number of methoxy groups -OCH3 is 1. The molecule has 0 rings (SSSR count). The van der Waals surface area contributed by atoms with E-state index in [2.05, 4.69) is 10.1 Å². The molecule has 2 N–H and O–H groups in total. The number of amides is 1. The van der Waals surface area contributed by atoms with Crippen molar-refractivity contribution in [1.82, 2.24) is 5.32 Å². The number of esters is 1. The topological polar surface area (TPSA) is 84.9 Å². The Balaban J connectivity index is 4.24. The highest BCUT2D eigenvalue weighted by Crippen LogP contribution is 2.10. The lowest BCUT2D eigenvalue weighted by molar-refractivity contribution is -0.143. The highest BCUT2D eigenvalue weighted by Gasteiger charge is 2.24. The van der Waals surface area contributed by atoms with Gasteiger partial charge in [0.1, 0.15) is 11.6 Å². The van der Waals surface area contributed by atoms with Gasteiger partial charge in [0.05, 0.1) is 13.7 Å². The number of aliphatic hydroxyl groups excluding tert-OH is 1. The zero-order valence-electron chi connectivity index (χ0n) is 13.0. The fourth-order valence-corrected chi connectivity index (χ4v) is 2.18. The minimum absolute atomic E-state index is 0.0194. The zero-order valence-corrected chi connectivity index (χ0v) is 13.9. The maximum Gasteiger partial charge on any atom is 0.408 e. The van der Waals surface area contributed by atoms with Crippen molar-refractivity contribution in [3.63, 3.8) is 0 Å². The smallest absolute Gasteiger partial charge is 0.408 e. The molecule has 0 bridgehead atoms. The first-order valence-corrected chi connectivity index (χ1v) is 7.86. The molecule has 122 valence electrons. The van der Waals surface area contributed by atoms with Crippen LogP contribution in [0.1, 0.15) is 27.2 Å². The minimum Gasteiger partial charge on any atom is -0.467 e. The van der Waals surface area contributed by atoms with Crippen LogP contribution in [0.2, 0.25) is 0 Å². The lowest BCUT2D eigenvalue weighted by atomic mass is 10.2. The minimum atomic E-state index is -0.723. The van der Waals surface area contributed by atoms with Crippen molar-refractivity contribution in [2.75, 3.05) is 25.2 Å². The summed E-state index contributed by atoms with van der Waals surface area (Å²) in [6.45, 7) is 5.28. The Labute approximate surface area is 130 Å². The molecule has 0 heterocycles. The van der Waals surface area contributed by atoms with Crippen LogP contribution in [0.4, 0.5) is 4.79 Å². The first-order valence-electron chi connectivity index (χ1n) is 6.71. The molecule has 6 nitrogen and oxygen atoms in total. The normalized spacial score (nSPS) is 13.0. The fraction of sp³-hybridized carbons (Fsp3) is 0.714. The quantitative estimate of drug-likeness (QED) is 0.402. The molecule has 0 aliphatic heterocycles. The number of thioether (sulfide) groups is 1. The second kappa shape index (κ2) is 10.5. The van der Waals surface area contributed by atoms with E-state index < -0.39 is 23.7 Å². The predicted molar refractivity (Wildman–Crippen MR) is 83.3 cm³/mol. The molecule has 7 heteroatoms. The Morgan fingerprint density at radius 1 is 1.33 bits per heavy atom. The van der Waals surface area contributed by atoms with Gasteiger partial charge in [0.25, 0.3) is 0 Å². The average molecular weight is 319 g/mol. The predicted octanol–water partition coefficient (Wildman–Crippen LogP) is 1.72. The largest absolute Gasteiger partial charge is 0.467 e. The SMILES string of the molecule is COC(=O)[C@H](CCSC/C=C/CO)NC(=O)OC(C)(C)C. The van der Waals surface area contributed by atoms with Crippen LogP contribution in [0, 0.1) is 0 Å². The molecule has 0 saturated heterocycles. The summed E-state index contributed by atoms with van der Waals surface area (Å²) in [6, 6.07) is -0.723. The number of hydrogen-bond donors (Lipinski definition) is 2. The molecular weight excluding hydrogens is 294 g/mol. The van der Waals surface area contributed by atoms with Crippen molar-refractivity contribution in [3.05, 3.63) is 12.2 Å². The molecule has 0 aliphatic carbocycles. The van der Waals surface area contributed by atoms with Gasteiger partial charge in [0.15, 0.2) is 0 Å². The van der Waals surface area contributed by atoms with E-state index >= 15 is 0 Å². The van der Waals surface area contributed by atoms with Crippen LogP contribution in [0.15, 0.2) is 12.2 Å². The molecule has 0 aromatic heterocycles. The van der Waals surface area contributed by atoms with Gasteiger partial charge in [0, 0.05) is 5.75 Å². The Hall–Kier alpha value is -1.21. The molecule has 0 radical (unpaired) electrons. The van der Waals surface area contributed by atoms with Crippen molar-refractivity contribution < 1.29 is 24.2 Å². The lowest BCUT2D eigenvalue weighted by Gasteiger charge is -2.22. The van der Waals surface area contributed by atoms with Crippen LogP contribution >= 0.6 is 11.8 Å². The molecule has 0 aliphatic rings. The maximum absolute atomic E-state index is 11.7. The monoisotopic (exact) mass is 319 g/mol. The van der Waals surface area contributed by atoms with Crippen LogP contribution in [-0.2, 0) is 14.3 Å². The number of carbonyl (C=O) groups excluding carboxylic acids is 2. The van der Waals surface area contributed by atoms with Gasteiger partial charge in [0.2, 0.25) is 0 Å². The van der Waals surface area contributed by atoms with Gasteiger partial charge < -0.3 is 19.9 Å². The Bertz CT molecular complexity index is 352. The van der Waals surface area contributed by atoms with E-state index in [9.17, 15) is 9.59 Å². The van der Waals surface area contributed by atoms with Crippen LogP contribution in [-0.4, -0.2) is 54.0 Å². The first kappa shape index (κ1) is 19.8. The third kappa shape index (κ3) is 11.2. The summed E-state index contributed by atoms with van der Waals surface area (Å²) in [4.78, 5) is 23.3. The number of hydrogen-bond acceptors (Lipinski definition) is 6. The van der Waals surface area contributed by atoms with Crippen LogP contribution in [0.5, 0.6) is 0 Å². The third-order valence-electron chi connectivity index (χ3n) is 2.21. The van der Waals surface area contributed by atoms with Crippen molar-refractivity contribution in [3.8, 4) is 0 Å². The number of aliphatic hydroxyl groups is 1. The summed E-state index contributed by atoms with van der Waals surface area (Å²) in [5.74, 6) is 0.916. The lowest BCUT2D eigenvalue weighted by Crippen LogP contribution is -2.44. The van der Waals surface area contributed by atoms with E-state index in [1.54, 1.807) is 38.6 Å². The van der Waals surface area contributed by atoms with E-state index in [1.807, 2.05) is 6.08 Å². The molecule has 1 atom stereocenters. The Morgan fingerprint density at radius 3 is 2.52 bits per heavy atom. The van der Waals surface area contributed by atoms with Crippen LogP contribution in [0.25, 0.3) is 0 Å². The number of alkyl carbamates (subject to hydrolysis) is 1. The van der Waals surface area contributed by atoms with Crippen LogP contribution < -0.4 is 5.32 Å². The van der Waals surface area contributed by atoms with Gasteiger partial charge >= 0.3 is 12.1 Å². The van der Waals surface area contributed by atoms with Crippen molar-refractivity contribution in [2.45, 2.75) is 38.8 Å². The summed E-state index contributed by atoms with van der Waals surface area (Å²) in [5, 5.41) is 11.1. The number of nitrogens with one attached hydrogen (secondary N) is 1. The maximum atomic E-state index is 11.7. The van der Waals surface area contributed by atoms with Gasteiger partial charge in [-0.1, -0.05) is 12.2 Å². The Morgan fingerprint density at radius 2 is 2.00 bits per heavy atom. The molecule has 21 heavy (non-hydrogen) atoms. The van der Waals surface area contributed by atoms with E-state index in [0.717, 1.165) is 5.75 Å². The number of carbonyl (C=O) groups is 2. The molecule has 0 aromatic carbocycles. The summed E-state index contributed by atoms with van der Waals surface area (Å²) in [5.41, 5.74) is -0.616. The summed E-state index contributed by atoms with van der Waals surface area (Å²) < 4.78 is 9.79. The van der Waals surface area contributed by atoms with E-state index in [4.69, 9.17) is 9.84 Å². The zero-order chi connectivity index (χ0) is 16.3. The highest BCUT2D eigenvalue weighted by atomic mass is 32.2. The highest BCUT2D eigenvalue weighted by molar-refractivity contribution is 7.99. The molecule has 0 spiro atoms. The van der Waals surface area contributed by atoms with Gasteiger partial charge in [-0.05, 0) is 32.9 Å². The molecule has 0 fully saturated rings. The van der Waals surface area contributed by atoms with E-state index in [1.165, 1.54) is 7.11 Å². The second-order valence-electron chi connectivity index (χ2n) is 5.24. The van der Waals surface area contributed by atoms with Crippen molar-refractivity contribution in [2.24, 2.45) is 0 Å². The van der Waals surface area contributed by atoms with Crippen molar-refractivity contribution in [1.29, 1.82) is 0 Å². The molecule has 0 unspecified atom stereocenters. The summed E-state index contributed by atoms with van der Waals surface area (Å²) >= 11 is 1.59. The second-order valence-corrected chi connectivity index (χ2v) is 6.39. The van der Waals surface area contributed by atoms with Gasteiger partial charge in [-0.2, -0.15) is 11.8 Å². The number of rotatable bonds is 8. The van der Waals surface area contributed by atoms with Gasteiger partial charge in [-0.15, -0.1) is 0 Å². The van der Waals surface area contributed by atoms with Crippen LogP contribution in [0.3, 0.4) is 0 Å². The average Bonchev–Trinajstić information content (AvgIpc) is 2.38. The molecule has 0 aromatic rings. The molecule has 1 amide bonds. The standard InChI is InChI=1S/C14H25NO5S/c1-14(2,3)20-13(18)15-11(12(17)19-4)7-10-21-9-6-5-8-16/h5-6,11,16H,7-10H2,1-4H3,(H,15,18)/b6-5+/t11-/m0/s1. The third-order valence-corrected chi connectivity index (χ3v) is 3.17. The van der Waals surface area contributed by atoms with Crippen molar-refractivity contribution >= 4 is 23.8 Å². The molecular formula is C14H25NO5S. The fourth-order valence-electron chi connectivity index (χ4n) is 1.34. The summed E-state index contributed by atoms with van der Waals surface area (Å²) in [6.07, 6.45) is 3.31. The van der Waals surface area contributed by atoms with E-state index in [-0.39, 0.29) is 6.61 Å². The van der Waals surface area contributed by atoms with Gasteiger partial charge in [-0.25, -0.2) is 9.59 Å². The van der Waals surface area contributed by atoms with Gasteiger partial charge in [-0.3, -0.25) is 0 Å². The van der Waals surface area contributed by atoms with E-state index in [0.29, 0.717) is 12.2 Å². The Kier molecular flexibility index (Phi) is 9.90. The molecule has 0 saturated carbocycles. The number of ether oxygens (including phenoxy) is 2. The first-order chi connectivity index (χ1) is 9.80. The summed E-state index contributed by atoms with van der Waals surface area (Å²) in [7, 11) is 1.28.